The molecule has 0 bridgehead atoms. The highest BCUT2D eigenvalue weighted by molar-refractivity contribution is 5.82. The molecule has 0 atom stereocenters. The Bertz CT molecular complexity index is 1070. The molecule has 0 N–H and O–H groups in total. The monoisotopic (exact) mass is 466 g/mol. The van der Waals surface area contributed by atoms with Gasteiger partial charge in [0.15, 0.2) is 0 Å². The number of benzene rings is 2. The van der Waals surface area contributed by atoms with Gasteiger partial charge < -0.3 is 0 Å². The predicted octanol–water partition coefficient (Wildman–Crippen LogP) is 10.7. The molecule has 0 nitrogen and oxygen atoms in total. The second-order valence-electron chi connectivity index (χ2n) is 10.0. The van der Waals surface area contributed by atoms with Gasteiger partial charge in [-0.25, -0.2) is 0 Å². The van der Waals surface area contributed by atoms with Crippen LogP contribution in [0.3, 0.4) is 0 Å². The highest BCUT2D eigenvalue weighted by atomic mass is 14.2. The fraction of sp³-hybridized carbons (Fsp3) is 0.371. The minimum atomic E-state index is 0.786. The first-order valence-electron chi connectivity index (χ1n) is 13.3. The molecular weight excluding hydrogens is 420 g/mol. The Morgan fingerprint density at radius 2 is 1.43 bits per heavy atom. The summed E-state index contributed by atoms with van der Waals surface area (Å²) in [7, 11) is 0. The van der Waals surface area contributed by atoms with E-state index in [1.807, 2.05) is 12.2 Å². The second-order valence-corrected chi connectivity index (χ2v) is 10.0. The molecule has 0 saturated heterocycles. The van der Waals surface area contributed by atoms with Gasteiger partial charge in [0.2, 0.25) is 0 Å². The van der Waals surface area contributed by atoms with Crippen molar-refractivity contribution < 1.29 is 0 Å². The number of aryl methyl sites for hydroxylation is 2. The van der Waals surface area contributed by atoms with Crippen molar-refractivity contribution in [3.63, 3.8) is 0 Å². The summed E-state index contributed by atoms with van der Waals surface area (Å²) in [5.41, 5.74) is 13.1. The maximum atomic E-state index is 4.01. The summed E-state index contributed by atoms with van der Waals surface area (Å²) in [5.74, 6) is 0.786. The van der Waals surface area contributed by atoms with E-state index in [9.17, 15) is 0 Å². The summed E-state index contributed by atoms with van der Waals surface area (Å²) in [5, 5.41) is 0. The lowest BCUT2D eigenvalue weighted by molar-refractivity contribution is 0.436. The fourth-order valence-electron chi connectivity index (χ4n) is 5.09. The highest BCUT2D eigenvalue weighted by Gasteiger charge is 2.15. The standard InChI is InChI=1S/C35H46/c1-10-14-31(15-11-2)24-35-27(7)22-33(23-28(35)8)34(16-12-3)29(9)25(5)21-26(6)32-19-17-30(13-4)18-20-32/h12-13,16-23,31H,3-4,10-11,14-15,24H2,1-2,5-9H3/b26-21+,29-25+,34-16+. The van der Waals surface area contributed by atoms with E-state index in [0.29, 0.717) is 0 Å². The van der Waals surface area contributed by atoms with Crippen LogP contribution in [0.1, 0.15) is 93.7 Å². The molecule has 0 saturated carbocycles. The maximum absolute atomic E-state index is 4.01. The number of hydrogen-bond donors (Lipinski definition) is 0. The van der Waals surface area contributed by atoms with Crippen molar-refractivity contribution in [2.24, 2.45) is 5.92 Å². The largest absolute Gasteiger partial charge is 0.0990 e. The van der Waals surface area contributed by atoms with Crippen LogP contribution in [0.15, 0.2) is 78.9 Å². The SMILES string of the molecule is C=C\C=C(/C(C)=C(C)/C=C(\C)c1ccc(C=C)cc1)c1cc(C)c(CC(CCC)CCC)c(C)c1. The smallest absolute Gasteiger partial charge is 0.0152 e. The minimum Gasteiger partial charge on any atom is -0.0990 e. The maximum Gasteiger partial charge on any atom is -0.0152 e. The molecule has 2 rings (SSSR count). The Kier molecular flexibility index (Phi) is 11.3. The minimum absolute atomic E-state index is 0.786. The van der Waals surface area contributed by atoms with Crippen molar-refractivity contribution in [1.29, 1.82) is 0 Å². The van der Waals surface area contributed by atoms with Crippen LogP contribution in [-0.2, 0) is 6.42 Å². The molecular formula is C35H46. The zero-order chi connectivity index (χ0) is 26.0. The molecule has 0 aromatic heterocycles. The lowest BCUT2D eigenvalue weighted by Gasteiger charge is -2.21. The van der Waals surface area contributed by atoms with Gasteiger partial charge in [-0.1, -0.05) is 113 Å². The van der Waals surface area contributed by atoms with E-state index >= 15 is 0 Å². The zero-order valence-corrected chi connectivity index (χ0v) is 23.3. The summed E-state index contributed by atoms with van der Waals surface area (Å²) >= 11 is 0. The van der Waals surface area contributed by atoms with Gasteiger partial charge in [-0.05, 0) is 103 Å². The highest BCUT2D eigenvalue weighted by Crippen LogP contribution is 2.32. The Balaban J connectivity index is 2.43. The molecule has 0 unspecified atom stereocenters. The van der Waals surface area contributed by atoms with Gasteiger partial charge in [-0.2, -0.15) is 0 Å². The number of hydrogen-bond acceptors (Lipinski definition) is 0. The average molecular weight is 467 g/mol. The molecule has 0 radical (unpaired) electrons. The van der Waals surface area contributed by atoms with Gasteiger partial charge in [0, 0.05) is 0 Å². The van der Waals surface area contributed by atoms with E-state index < -0.39 is 0 Å². The van der Waals surface area contributed by atoms with E-state index in [1.54, 1.807) is 0 Å². The quantitative estimate of drug-likeness (QED) is 0.273. The normalized spacial score (nSPS) is 13.1. The van der Waals surface area contributed by atoms with E-state index in [1.165, 1.54) is 82.2 Å². The van der Waals surface area contributed by atoms with Crippen molar-refractivity contribution >= 4 is 17.2 Å². The number of allylic oxidation sites excluding steroid dienone is 7. The van der Waals surface area contributed by atoms with Crippen LogP contribution in [-0.4, -0.2) is 0 Å². The summed E-state index contributed by atoms with van der Waals surface area (Å²) in [6.07, 6.45) is 14.6. The molecule has 0 aliphatic heterocycles. The third-order valence-corrected chi connectivity index (χ3v) is 7.21. The molecule has 2 aromatic carbocycles. The van der Waals surface area contributed by atoms with Crippen molar-refractivity contribution in [3.8, 4) is 0 Å². The van der Waals surface area contributed by atoms with Gasteiger partial charge >= 0.3 is 0 Å². The first kappa shape index (κ1) is 28.4. The third-order valence-electron chi connectivity index (χ3n) is 7.21. The van der Waals surface area contributed by atoms with Crippen molar-refractivity contribution in [1.82, 2.24) is 0 Å². The summed E-state index contributed by atoms with van der Waals surface area (Å²) < 4.78 is 0. The van der Waals surface area contributed by atoms with Crippen LogP contribution in [0.2, 0.25) is 0 Å². The third kappa shape index (κ3) is 7.82. The molecule has 0 aliphatic rings. The fourth-order valence-corrected chi connectivity index (χ4v) is 5.09. The van der Waals surface area contributed by atoms with Crippen LogP contribution < -0.4 is 0 Å². The van der Waals surface area contributed by atoms with Crippen molar-refractivity contribution in [3.05, 3.63) is 112 Å². The van der Waals surface area contributed by atoms with Gasteiger partial charge in [0.1, 0.15) is 0 Å². The first-order chi connectivity index (χ1) is 16.7. The Hall–Kier alpha value is -2.86. The van der Waals surface area contributed by atoms with Crippen LogP contribution in [0.25, 0.3) is 17.2 Å². The summed E-state index contributed by atoms with van der Waals surface area (Å²) in [6.45, 7) is 23.7. The van der Waals surface area contributed by atoms with E-state index in [2.05, 4.69) is 110 Å². The van der Waals surface area contributed by atoms with Gasteiger partial charge in [-0.15, -0.1) is 0 Å². The predicted molar refractivity (Wildman–Crippen MR) is 160 cm³/mol. The Morgan fingerprint density at radius 3 is 1.91 bits per heavy atom. The van der Waals surface area contributed by atoms with Crippen LogP contribution >= 0.6 is 0 Å². The van der Waals surface area contributed by atoms with Gasteiger partial charge in [-0.3, -0.25) is 0 Å². The summed E-state index contributed by atoms with van der Waals surface area (Å²) in [4.78, 5) is 0. The average Bonchev–Trinajstić information content (AvgIpc) is 2.84. The summed E-state index contributed by atoms with van der Waals surface area (Å²) in [6, 6.07) is 13.3. The Labute approximate surface area is 215 Å². The molecule has 2 aromatic rings. The zero-order valence-electron chi connectivity index (χ0n) is 23.3. The van der Waals surface area contributed by atoms with Gasteiger partial charge in [0.05, 0.1) is 0 Å². The van der Waals surface area contributed by atoms with E-state index in [0.717, 1.165) is 11.5 Å². The van der Waals surface area contributed by atoms with Crippen LogP contribution in [0.5, 0.6) is 0 Å². The molecule has 35 heavy (non-hydrogen) atoms. The molecule has 0 aliphatic carbocycles. The molecule has 0 amide bonds. The van der Waals surface area contributed by atoms with E-state index in [-0.39, 0.29) is 0 Å². The molecule has 0 heterocycles. The molecule has 0 heteroatoms. The van der Waals surface area contributed by atoms with Crippen molar-refractivity contribution in [2.75, 3.05) is 0 Å². The molecule has 0 fully saturated rings. The van der Waals surface area contributed by atoms with Crippen molar-refractivity contribution in [2.45, 2.75) is 80.6 Å². The van der Waals surface area contributed by atoms with Gasteiger partial charge in [0.25, 0.3) is 0 Å². The topological polar surface area (TPSA) is 0 Å². The second kappa shape index (κ2) is 13.9. The lowest BCUT2D eigenvalue weighted by atomic mass is 9.85. The molecule has 0 spiro atoms. The Morgan fingerprint density at radius 1 is 0.857 bits per heavy atom. The van der Waals surface area contributed by atoms with Crippen LogP contribution in [0, 0.1) is 19.8 Å². The van der Waals surface area contributed by atoms with E-state index in [4.69, 9.17) is 0 Å². The van der Waals surface area contributed by atoms with Crippen LogP contribution in [0.4, 0.5) is 0 Å². The molecule has 186 valence electrons. The number of rotatable bonds is 12. The lowest BCUT2D eigenvalue weighted by Crippen LogP contribution is -2.08. The first-order valence-corrected chi connectivity index (χ1v) is 13.3.